The minimum Gasteiger partial charge on any atom is -0.360 e. The fourth-order valence-corrected chi connectivity index (χ4v) is 2.98. The SMILES string of the molecule is CCc1cc2c(NCC(=O)NC3CC3)nc(NN)nc2s1. The molecule has 2 heterocycles. The smallest absolute Gasteiger partial charge is 0.240 e. The third kappa shape index (κ3) is 3.22. The summed E-state index contributed by atoms with van der Waals surface area (Å²) < 4.78 is 0. The van der Waals surface area contributed by atoms with Gasteiger partial charge in [0, 0.05) is 10.9 Å². The standard InChI is InChI=1S/C13H18N6OS/c1-2-8-5-9-11(15-6-10(20)16-7-3-4-7)17-13(19-14)18-12(9)21-8/h5,7H,2-4,6,14H2,1H3,(H,16,20)(H2,15,17,18,19). The maximum atomic E-state index is 11.8. The molecule has 0 saturated heterocycles. The molecule has 0 aliphatic heterocycles. The number of carbonyl (C=O) groups excluding carboxylic acids is 1. The van der Waals surface area contributed by atoms with Crippen LogP contribution in [0, 0.1) is 0 Å². The van der Waals surface area contributed by atoms with Crippen molar-refractivity contribution >= 4 is 39.2 Å². The van der Waals surface area contributed by atoms with E-state index >= 15 is 0 Å². The quantitative estimate of drug-likeness (QED) is 0.472. The Bertz CT molecular complexity index is 666. The topological polar surface area (TPSA) is 105 Å². The number of nitrogen functional groups attached to an aromatic ring is 1. The normalized spacial score (nSPS) is 14.2. The fourth-order valence-electron chi connectivity index (χ4n) is 2.02. The van der Waals surface area contributed by atoms with E-state index in [1.165, 1.54) is 4.88 Å². The van der Waals surface area contributed by atoms with Gasteiger partial charge in [0.2, 0.25) is 11.9 Å². The molecule has 1 aliphatic carbocycles. The van der Waals surface area contributed by atoms with E-state index in [0.29, 0.717) is 17.8 Å². The van der Waals surface area contributed by atoms with Crippen molar-refractivity contribution < 1.29 is 4.79 Å². The number of nitrogens with two attached hydrogens (primary N) is 1. The number of nitrogens with zero attached hydrogens (tertiary/aromatic N) is 2. The zero-order valence-corrected chi connectivity index (χ0v) is 12.6. The lowest BCUT2D eigenvalue weighted by atomic mass is 10.3. The highest BCUT2D eigenvalue weighted by Gasteiger charge is 2.23. The molecule has 1 saturated carbocycles. The van der Waals surface area contributed by atoms with E-state index in [0.717, 1.165) is 29.5 Å². The van der Waals surface area contributed by atoms with E-state index in [1.807, 2.05) is 0 Å². The molecule has 0 radical (unpaired) electrons. The zero-order valence-electron chi connectivity index (χ0n) is 11.8. The summed E-state index contributed by atoms with van der Waals surface area (Å²) in [7, 11) is 0. The summed E-state index contributed by atoms with van der Waals surface area (Å²) in [6.07, 6.45) is 3.10. The van der Waals surface area contributed by atoms with Gasteiger partial charge >= 0.3 is 0 Å². The summed E-state index contributed by atoms with van der Waals surface area (Å²) in [4.78, 5) is 22.5. The van der Waals surface area contributed by atoms with E-state index in [1.54, 1.807) is 11.3 Å². The first kappa shape index (κ1) is 14.0. The fraction of sp³-hybridized carbons (Fsp3) is 0.462. The molecule has 3 rings (SSSR count). The van der Waals surface area contributed by atoms with E-state index in [-0.39, 0.29) is 12.5 Å². The summed E-state index contributed by atoms with van der Waals surface area (Å²) in [5.74, 6) is 6.36. The van der Waals surface area contributed by atoms with Crippen molar-refractivity contribution in [3.05, 3.63) is 10.9 Å². The lowest BCUT2D eigenvalue weighted by Crippen LogP contribution is -2.31. The average molecular weight is 306 g/mol. The van der Waals surface area contributed by atoms with Crippen LogP contribution < -0.4 is 21.9 Å². The van der Waals surface area contributed by atoms with Crippen LogP contribution >= 0.6 is 11.3 Å². The Morgan fingerprint density at radius 1 is 1.48 bits per heavy atom. The predicted octanol–water partition coefficient (Wildman–Crippen LogP) is 1.23. The molecular formula is C13H18N6OS. The number of rotatable bonds is 6. The van der Waals surface area contributed by atoms with E-state index in [4.69, 9.17) is 5.84 Å². The van der Waals surface area contributed by atoms with Crippen molar-refractivity contribution in [2.24, 2.45) is 5.84 Å². The van der Waals surface area contributed by atoms with Crippen LogP contribution in [0.1, 0.15) is 24.6 Å². The Hall–Kier alpha value is -1.93. The Kier molecular flexibility index (Phi) is 3.89. The summed E-state index contributed by atoms with van der Waals surface area (Å²) in [6.45, 7) is 2.29. The van der Waals surface area contributed by atoms with Gasteiger partial charge in [0.15, 0.2) is 0 Å². The van der Waals surface area contributed by atoms with Gasteiger partial charge in [-0.2, -0.15) is 4.98 Å². The number of hydrogen-bond donors (Lipinski definition) is 4. The molecule has 1 amide bonds. The van der Waals surface area contributed by atoms with Gasteiger partial charge in [-0.15, -0.1) is 11.3 Å². The molecule has 1 aliphatic rings. The first-order valence-corrected chi connectivity index (χ1v) is 7.81. The molecule has 5 N–H and O–H groups in total. The summed E-state index contributed by atoms with van der Waals surface area (Å²) >= 11 is 1.61. The van der Waals surface area contributed by atoms with Crippen LogP contribution in [0.2, 0.25) is 0 Å². The van der Waals surface area contributed by atoms with Crippen molar-refractivity contribution in [2.45, 2.75) is 32.2 Å². The van der Waals surface area contributed by atoms with Gasteiger partial charge in [0.25, 0.3) is 0 Å². The Balaban J connectivity index is 1.80. The molecule has 0 unspecified atom stereocenters. The Morgan fingerprint density at radius 3 is 2.95 bits per heavy atom. The predicted molar refractivity (Wildman–Crippen MR) is 84.3 cm³/mol. The number of fused-ring (bicyclic) bond motifs is 1. The van der Waals surface area contributed by atoms with Gasteiger partial charge in [-0.3, -0.25) is 10.2 Å². The molecular weight excluding hydrogens is 288 g/mol. The number of carbonyl (C=O) groups is 1. The molecule has 21 heavy (non-hydrogen) atoms. The van der Waals surface area contributed by atoms with E-state index in [2.05, 4.69) is 39.0 Å². The molecule has 2 aromatic heterocycles. The minimum atomic E-state index is -0.0162. The largest absolute Gasteiger partial charge is 0.360 e. The molecule has 7 nitrogen and oxygen atoms in total. The number of thiophene rings is 1. The highest BCUT2D eigenvalue weighted by molar-refractivity contribution is 7.18. The monoisotopic (exact) mass is 306 g/mol. The van der Waals surface area contributed by atoms with E-state index in [9.17, 15) is 4.79 Å². The third-order valence-corrected chi connectivity index (χ3v) is 4.45. The molecule has 2 aromatic rings. The molecule has 0 bridgehead atoms. The number of aromatic nitrogens is 2. The maximum Gasteiger partial charge on any atom is 0.240 e. The van der Waals surface area contributed by atoms with Gasteiger partial charge in [-0.05, 0) is 25.3 Å². The Labute approximate surface area is 126 Å². The number of aryl methyl sites for hydroxylation is 1. The molecule has 112 valence electrons. The summed E-state index contributed by atoms with van der Waals surface area (Å²) in [6, 6.07) is 2.42. The van der Waals surface area contributed by atoms with Crippen molar-refractivity contribution in [3.8, 4) is 0 Å². The van der Waals surface area contributed by atoms with Gasteiger partial charge in [-0.25, -0.2) is 10.8 Å². The maximum absolute atomic E-state index is 11.8. The van der Waals surface area contributed by atoms with Crippen LogP contribution in [0.25, 0.3) is 10.2 Å². The van der Waals surface area contributed by atoms with Crippen molar-refractivity contribution in [1.82, 2.24) is 15.3 Å². The molecule has 1 fully saturated rings. The van der Waals surface area contributed by atoms with Gasteiger partial charge < -0.3 is 10.6 Å². The molecule has 0 spiro atoms. The lowest BCUT2D eigenvalue weighted by Gasteiger charge is -2.08. The second kappa shape index (κ2) is 5.82. The second-order valence-electron chi connectivity index (χ2n) is 5.02. The number of anilines is 2. The van der Waals surface area contributed by atoms with Crippen molar-refractivity contribution in [1.29, 1.82) is 0 Å². The van der Waals surface area contributed by atoms with Gasteiger partial charge in [0.1, 0.15) is 10.6 Å². The van der Waals surface area contributed by atoms with Crippen LogP contribution in [0.4, 0.5) is 11.8 Å². The van der Waals surface area contributed by atoms with Crippen LogP contribution in [0.15, 0.2) is 6.07 Å². The van der Waals surface area contributed by atoms with Crippen molar-refractivity contribution in [2.75, 3.05) is 17.3 Å². The number of hydrogen-bond acceptors (Lipinski definition) is 7. The van der Waals surface area contributed by atoms with Crippen LogP contribution in [-0.2, 0) is 11.2 Å². The number of amides is 1. The van der Waals surface area contributed by atoms with E-state index < -0.39 is 0 Å². The second-order valence-corrected chi connectivity index (χ2v) is 6.14. The first-order valence-electron chi connectivity index (χ1n) is 7.00. The minimum absolute atomic E-state index is 0.0162. The lowest BCUT2D eigenvalue weighted by molar-refractivity contribution is -0.119. The van der Waals surface area contributed by atoms with Crippen LogP contribution in [0.3, 0.4) is 0 Å². The first-order chi connectivity index (χ1) is 10.2. The Morgan fingerprint density at radius 2 is 2.29 bits per heavy atom. The van der Waals surface area contributed by atoms with Crippen LogP contribution in [-0.4, -0.2) is 28.5 Å². The molecule has 0 aromatic carbocycles. The zero-order chi connectivity index (χ0) is 14.8. The number of hydrazine groups is 1. The van der Waals surface area contributed by atoms with Crippen molar-refractivity contribution in [3.63, 3.8) is 0 Å². The molecule has 0 atom stereocenters. The highest BCUT2D eigenvalue weighted by Crippen LogP contribution is 2.30. The van der Waals surface area contributed by atoms with Gasteiger partial charge in [-0.1, -0.05) is 6.92 Å². The summed E-state index contributed by atoms with van der Waals surface area (Å²) in [5, 5.41) is 6.94. The van der Waals surface area contributed by atoms with Crippen LogP contribution in [0.5, 0.6) is 0 Å². The third-order valence-electron chi connectivity index (χ3n) is 3.28. The number of nitrogens with one attached hydrogen (secondary N) is 3. The van der Waals surface area contributed by atoms with Gasteiger partial charge in [0.05, 0.1) is 11.9 Å². The summed E-state index contributed by atoms with van der Waals surface area (Å²) in [5.41, 5.74) is 2.46. The highest BCUT2D eigenvalue weighted by atomic mass is 32.1. The molecule has 8 heteroatoms. The average Bonchev–Trinajstić information content (AvgIpc) is 3.19.